The average molecular weight is 1190 g/mol. The maximum Gasteiger partial charge on any atom is 0.326 e. The minimum absolute atomic E-state index is 0.0172. The smallest absolute Gasteiger partial charge is 0.326 e. The van der Waals surface area contributed by atoms with E-state index in [0.29, 0.717) is 42.9 Å². The Hall–Kier alpha value is -7.77. The average Bonchev–Trinajstić information content (AvgIpc) is 4.00. The third-order valence-electron chi connectivity index (χ3n) is 13.6. The van der Waals surface area contributed by atoms with Gasteiger partial charge in [0.05, 0.1) is 17.5 Å². The molecule has 2 heterocycles. The molecule has 0 aliphatic carbocycles. The van der Waals surface area contributed by atoms with Gasteiger partial charge in [0.15, 0.2) is 11.9 Å². The number of aliphatic carboxylic acids is 1. The Morgan fingerprint density at radius 1 is 0.735 bits per heavy atom. The molecular formula is C52H86N18O12S. The molecule has 31 heteroatoms. The van der Waals surface area contributed by atoms with Crippen molar-refractivity contribution in [2.45, 2.75) is 158 Å². The molecule has 1 aliphatic heterocycles. The Kier molecular flexibility index (Phi) is 30.1. The van der Waals surface area contributed by atoms with Crippen LogP contribution >= 0.6 is 0 Å². The van der Waals surface area contributed by atoms with Crippen LogP contribution in [-0.2, 0) is 53.2 Å². The number of nitrogens with two attached hydrogens (primary N) is 6. The van der Waals surface area contributed by atoms with Crippen LogP contribution in [0.15, 0.2) is 51.5 Å². The number of aliphatic imine (C=N–C) groups is 2. The van der Waals surface area contributed by atoms with Gasteiger partial charge in [0.1, 0.15) is 36.3 Å². The summed E-state index contributed by atoms with van der Waals surface area (Å²) in [6.45, 7) is 4.97. The minimum atomic E-state index is -4.00. The minimum Gasteiger partial charge on any atom is -0.480 e. The lowest BCUT2D eigenvalue weighted by molar-refractivity contribution is -0.143. The number of hydrogen-bond acceptors (Lipinski definition) is 16. The highest BCUT2D eigenvalue weighted by molar-refractivity contribution is 7.89. The summed E-state index contributed by atoms with van der Waals surface area (Å²) in [6.07, 6.45) is 5.03. The van der Waals surface area contributed by atoms with Gasteiger partial charge < -0.3 is 81.6 Å². The van der Waals surface area contributed by atoms with Crippen LogP contribution in [0.1, 0.15) is 111 Å². The fourth-order valence-corrected chi connectivity index (χ4v) is 10.1. The third kappa shape index (κ3) is 24.3. The zero-order chi connectivity index (χ0) is 61.6. The first-order valence-electron chi connectivity index (χ1n) is 27.9. The number of unbranched alkanes of at least 4 members (excludes halogenated alkanes) is 1. The molecule has 83 heavy (non-hydrogen) atoms. The predicted octanol–water partition coefficient (Wildman–Crippen LogP) is -3.57. The van der Waals surface area contributed by atoms with E-state index >= 15 is 0 Å². The number of nitrogens with one attached hydrogen (secondary N) is 8. The monoisotopic (exact) mass is 1190 g/mol. The van der Waals surface area contributed by atoms with Crippen molar-refractivity contribution in [2.75, 3.05) is 45.8 Å². The lowest BCUT2D eigenvalue weighted by Gasteiger charge is -2.29. The highest BCUT2D eigenvalue weighted by Crippen LogP contribution is 2.22. The standard InChI is InChI=1S/C52H86N18O12S/c1-4-6-13-35(65-45(74)36(14-9-23-62-52(57)58)68-48(77)40-15-10-27-70(40)49(78)34(54)12-8-22-61-51(55)56)44(73)66-37(46(75)67-38(19-21-53)47(76)69-39(50(79)80)28-31(3)5-2)17-18-42(71)63-30-43(72)60-25-26-64-83(81,82)41-16-7-11-32-29-59-24-20-33(32)41/h7,11,16,20,24,29,31,34-40,64H,4-6,8-10,12-15,17-19,21-23,25-28,30,53-54H2,1-3H3,(H,60,72)(H,63,71)(H,65,74)(H,66,73)(H,67,75)(H,68,77)(H,69,76)(H,79,80)(H4,55,56,61)(H4,57,58,62)/t31?,34-,35-,36-,37-,38-,39-,40-/m0/s1. The molecule has 30 nitrogen and oxygen atoms in total. The number of carbonyl (C=O) groups excluding carboxylic acids is 8. The Labute approximate surface area is 483 Å². The molecule has 1 fully saturated rings. The Morgan fingerprint density at radius 2 is 1.31 bits per heavy atom. The van der Waals surface area contributed by atoms with Crippen LogP contribution in [-0.4, -0.2) is 177 Å². The molecule has 0 saturated carbocycles. The van der Waals surface area contributed by atoms with Crippen LogP contribution in [0.4, 0.5) is 0 Å². The van der Waals surface area contributed by atoms with Crippen LogP contribution in [0.5, 0.6) is 0 Å². The number of carbonyl (C=O) groups is 9. The number of fused-ring (bicyclic) bond motifs is 1. The van der Waals surface area contributed by atoms with Gasteiger partial charge >= 0.3 is 5.97 Å². The van der Waals surface area contributed by atoms with E-state index in [2.05, 4.69) is 56.9 Å². The summed E-state index contributed by atoms with van der Waals surface area (Å²) in [5.74, 6) is -7.86. The molecule has 1 aromatic carbocycles. The molecule has 21 N–H and O–H groups in total. The molecule has 1 aliphatic rings. The zero-order valence-corrected chi connectivity index (χ0v) is 48.3. The van der Waals surface area contributed by atoms with Crippen molar-refractivity contribution in [3.63, 3.8) is 0 Å². The van der Waals surface area contributed by atoms with E-state index in [1.165, 1.54) is 23.4 Å². The number of sulfonamides is 1. The van der Waals surface area contributed by atoms with Crippen LogP contribution in [0, 0.1) is 5.92 Å². The van der Waals surface area contributed by atoms with Gasteiger partial charge in [-0.05, 0) is 88.8 Å². The van der Waals surface area contributed by atoms with Crippen LogP contribution in [0.3, 0.4) is 0 Å². The molecule has 462 valence electrons. The van der Waals surface area contributed by atoms with Gasteiger partial charge in [-0.2, -0.15) is 0 Å². The van der Waals surface area contributed by atoms with Gasteiger partial charge in [-0.1, -0.05) is 52.2 Å². The van der Waals surface area contributed by atoms with Gasteiger partial charge in [0.2, 0.25) is 57.3 Å². The molecule has 0 radical (unpaired) electrons. The number of nitrogens with zero attached hydrogens (tertiary/aromatic N) is 4. The lowest BCUT2D eigenvalue weighted by Crippen LogP contribution is -2.60. The van der Waals surface area contributed by atoms with Gasteiger partial charge in [0.25, 0.3) is 0 Å². The Morgan fingerprint density at radius 3 is 1.90 bits per heavy atom. The van der Waals surface area contributed by atoms with Crippen molar-refractivity contribution >= 4 is 85.9 Å². The van der Waals surface area contributed by atoms with E-state index in [1.807, 2.05) is 20.8 Å². The maximum absolute atomic E-state index is 14.4. The number of pyridine rings is 1. The molecule has 3 rings (SSSR count). The number of hydrogen-bond donors (Lipinski definition) is 15. The number of carboxylic acid groups (broad SMARTS) is 1. The zero-order valence-electron chi connectivity index (χ0n) is 47.5. The number of carboxylic acids is 1. The summed E-state index contributed by atoms with van der Waals surface area (Å²) < 4.78 is 28.6. The lowest BCUT2D eigenvalue weighted by atomic mass is 9.99. The predicted molar refractivity (Wildman–Crippen MR) is 309 cm³/mol. The fourth-order valence-electron chi connectivity index (χ4n) is 8.86. The second-order valence-corrected chi connectivity index (χ2v) is 22.0. The SMILES string of the molecule is CCCC[C@H](NC(=O)[C@H](CCCN=C(N)N)NC(=O)[C@@H]1CCCN1C(=O)[C@@H](N)CCCN=C(N)N)C(=O)N[C@@H](CCC(=O)NCC(=O)NCCNS(=O)(=O)c1cccc2cnccc12)C(=O)N[C@@H](CCN)C(=O)N[C@@H](CC(C)CC)C(=O)O. The number of aromatic nitrogens is 1. The first-order chi connectivity index (χ1) is 39.4. The Balaban J connectivity index is 1.82. The summed E-state index contributed by atoms with van der Waals surface area (Å²) >= 11 is 0. The molecule has 8 atom stereocenters. The highest BCUT2D eigenvalue weighted by atomic mass is 32.2. The molecular weight excluding hydrogens is 1100 g/mol. The molecule has 2 aromatic rings. The molecule has 0 spiro atoms. The van der Waals surface area contributed by atoms with Gasteiger partial charge in [-0.15, -0.1) is 0 Å². The van der Waals surface area contributed by atoms with Crippen molar-refractivity contribution in [3.8, 4) is 0 Å². The van der Waals surface area contributed by atoms with Crippen molar-refractivity contribution in [3.05, 3.63) is 36.7 Å². The normalized spacial score (nSPS) is 15.6. The van der Waals surface area contributed by atoms with Crippen molar-refractivity contribution < 1.29 is 56.7 Å². The first kappa shape index (κ1) is 69.5. The quantitative estimate of drug-likeness (QED) is 0.0176. The van der Waals surface area contributed by atoms with E-state index in [1.54, 1.807) is 18.2 Å². The van der Waals surface area contributed by atoms with Gasteiger partial charge in [-0.3, -0.25) is 53.3 Å². The number of likely N-dealkylation sites (tertiary alicyclic amines) is 1. The summed E-state index contributed by atoms with van der Waals surface area (Å²) in [7, 11) is -4.00. The van der Waals surface area contributed by atoms with Crippen LogP contribution in [0.25, 0.3) is 10.8 Å². The maximum atomic E-state index is 14.4. The second-order valence-electron chi connectivity index (χ2n) is 20.2. The summed E-state index contributed by atoms with van der Waals surface area (Å²) in [5.41, 5.74) is 33.9. The Bertz CT molecular complexity index is 2680. The summed E-state index contributed by atoms with van der Waals surface area (Å²) in [6, 6.07) is -2.66. The largest absolute Gasteiger partial charge is 0.480 e. The van der Waals surface area contributed by atoms with E-state index in [-0.39, 0.29) is 107 Å². The molecule has 1 saturated heterocycles. The third-order valence-corrected chi connectivity index (χ3v) is 15.1. The molecule has 8 amide bonds. The number of benzene rings is 1. The van der Waals surface area contributed by atoms with Crippen molar-refractivity contribution in [2.24, 2.45) is 50.3 Å². The highest BCUT2D eigenvalue weighted by Gasteiger charge is 2.39. The van der Waals surface area contributed by atoms with Crippen LogP contribution < -0.4 is 76.3 Å². The van der Waals surface area contributed by atoms with Crippen LogP contribution in [0.2, 0.25) is 0 Å². The van der Waals surface area contributed by atoms with Gasteiger partial charge in [-0.25, -0.2) is 17.9 Å². The fraction of sp³-hybridized carbons (Fsp3) is 0.615. The van der Waals surface area contributed by atoms with Crippen molar-refractivity contribution in [1.82, 2.24) is 51.8 Å². The summed E-state index contributed by atoms with van der Waals surface area (Å²) in [4.78, 5) is 136. The number of rotatable bonds is 38. The molecule has 1 aromatic heterocycles. The van der Waals surface area contributed by atoms with E-state index in [4.69, 9.17) is 34.4 Å². The topological polar surface area (TPSA) is 501 Å². The van der Waals surface area contributed by atoms with E-state index < -0.39 is 125 Å². The summed E-state index contributed by atoms with van der Waals surface area (Å²) in [5, 5.41) is 28.9. The first-order valence-corrected chi connectivity index (χ1v) is 29.4. The van der Waals surface area contributed by atoms with Crippen molar-refractivity contribution in [1.29, 1.82) is 0 Å². The molecule has 0 bridgehead atoms. The second kappa shape index (κ2) is 35.9. The number of guanidine groups is 2. The number of amides is 8. The van der Waals surface area contributed by atoms with E-state index in [0.717, 1.165) is 0 Å². The molecule has 1 unspecified atom stereocenters. The van der Waals surface area contributed by atoms with E-state index in [9.17, 15) is 56.7 Å². The van der Waals surface area contributed by atoms with Gasteiger partial charge in [0, 0.05) is 62.3 Å².